The van der Waals surface area contributed by atoms with Crippen LogP contribution < -0.4 is 10.6 Å². The average Bonchev–Trinajstić information content (AvgIpc) is 2.68. The molecule has 0 aliphatic carbocycles. The topological polar surface area (TPSA) is 83.6 Å². The zero-order valence-corrected chi connectivity index (χ0v) is 17.7. The Balaban J connectivity index is 1.69. The van der Waals surface area contributed by atoms with Crippen molar-refractivity contribution < 1.29 is 14.3 Å². The molecule has 0 saturated carbocycles. The maximum absolute atomic E-state index is 12.4. The number of pyridine rings is 1. The molecule has 0 aromatic carbocycles. The number of hydrogen-bond donors (Lipinski definition) is 2. The first kappa shape index (κ1) is 22.6. The Bertz CT molecular complexity index is 631. The van der Waals surface area contributed by atoms with Crippen molar-refractivity contribution in [2.75, 3.05) is 31.6 Å². The van der Waals surface area contributed by atoms with Gasteiger partial charge in [-0.05, 0) is 65.3 Å². The van der Waals surface area contributed by atoms with Gasteiger partial charge in [-0.2, -0.15) is 0 Å². The van der Waals surface area contributed by atoms with E-state index in [1.807, 2.05) is 20.8 Å². The third-order valence-corrected chi connectivity index (χ3v) is 5.10. The number of halogens is 1. The number of hydrogen-bond acceptors (Lipinski definition) is 5. The SMILES string of the molecule is CC(C)OCCCNC(=O)C1CCN(C(C)C(=O)Nc2ccc(Cl)cn2)CC1. The molecular formula is C20H31ClN4O3. The van der Waals surface area contributed by atoms with Crippen molar-refractivity contribution in [2.45, 2.75) is 52.2 Å². The molecule has 0 bridgehead atoms. The van der Waals surface area contributed by atoms with Crippen LogP contribution in [0.3, 0.4) is 0 Å². The van der Waals surface area contributed by atoms with Crippen LogP contribution in [0.1, 0.15) is 40.0 Å². The predicted octanol–water partition coefficient (Wildman–Crippen LogP) is 2.71. The summed E-state index contributed by atoms with van der Waals surface area (Å²) in [5, 5.41) is 6.33. The lowest BCUT2D eigenvalue weighted by Crippen LogP contribution is -2.48. The molecule has 2 rings (SSSR count). The molecule has 2 heterocycles. The number of ether oxygens (including phenoxy) is 1. The van der Waals surface area contributed by atoms with Gasteiger partial charge in [0.15, 0.2) is 0 Å². The van der Waals surface area contributed by atoms with Gasteiger partial charge in [0.1, 0.15) is 5.82 Å². The Morgan fingerprint density at radius 2 is 2.00 bits per heavy atom. The maximum Gasteiger partial charge on any atom is 0.242 e. The molecule has 156 valence electrons. The fourth-order valence-corrected chi connectivity index (χ4v) is 3.25. The Morgan fingerprint density at radius 1 is 1.29 bits per heavy atom. The van der Waals surface area contributed by atoms with Crippen molar-refractivity contribution in [1.82, 2.24) is 15.2 Å². The van der Waals surface area contributed by atoms with E-state index in [0.717, 1.165) is 32.4 Å². The molecule has 28 heavy (non-hydrogen) atoms. The smallest absolute Gasteiger partial charge is 0.242 e. The van der Waals surface area contributed by atoms with Gasteiger partial charge in [-0.25, -0.2) is 4.98 Å². The average molecular weight is 411 g/mol. The number of nitrogens with one attached hydrogen (secondary N) is 2. The number of nitrogens with zero attached hydrogens (tertiary/aromatic N) is 2. The molecule has 1 unspecified atom stereocenters. The number of aromatic nitrogens is 1. The second-order valence-electron chi connectivity index (χ2n) is 7.40. The fraction of sp³-hybridized carbons (Fsp3) is 0.650. The quantitative estimate of drug-likeness (QED) is 0.611. The summed E-state index contributed by atoms with van der Waals surface area (Å²) in [5.41, 5.74) is 0. The second-order valence-corrected chi connectivity index (χ2v) is 7.84. The van der Waals surface area contributed by atoms with E-state index in [9.17, 15) is 9.59 Å². The summed E-state index contributed by atoms with van der Waals surface area (Å²) >= 11 is 5.81. The van der Waals surface area contributed by atoms with E-state index in [1.165, 1.54) is 6.20 Å². The number of piperidine rings is 1. The molecular weight excluding hydrogens is 380 g/mol. The minimum atomic E-state index is -0.283. The van der Waals surface area contributed by atoms with Crippen LogP contribution in [0, 0.1) is 5.92 Å². The van der Waals surface area contributed by atoms with Crippen molar-refractivity contribution in [2.24, 2.45) is 5.92 Å². The van der Waals surface area contributed by atoms with Crippen LogP contribution in [0.2, 0.25) is 5.02 Å². The summed E-state index contributed by atoms with van der Waals surface area (Å²) < 4.78 is 5.47. The third-order valence-electron chi connectivity index (χ3n) is 4.88. The van der Waals surface area contributed by atoms with Crippen LogP contribution in [-0.2, 0) is 14.3 Å². The number of carbonyl (C=O) groups is 2. The van der Waals surface area contributed by atoms with Crippen molar-refractivity contribution >= 4 is 29.2 Å². The van der Waals surface area contributed by atoms with E-state index in [-0.39, 0.29) is 29.9 Å². The van der Waals surface area contributed by atoms with Gasteiger partial charge in [0.2, 0.25) is 11.8 Å². The second kappa shape index (κ2) is 11.3. The summed E-state index contributed by atoms with van der Waals surface area (Å²) in [6.07, 6.45) is 4.05. The van der Waals surface area contributed by atoms with Gasteiger partial charge in [-0.1, -0.05) is 11.6 Å². The number of carbonyl (C=O) groups excluding carboxylic acids is 2. The lowest BCUT2D eigenvalue weighted by Gasteiger charge is -2.34. The standard InChI is InChI=1S/C20H31ClN4O3/c1-14(2)28-12-4-9-22-20(27)16-7-10-25(11-8-16)15(3)19(26)24-18-6-5-17(21)13-23-18/h5-6,13-16H,4,7-12H2,1-3H3,(H,22,27)(H,23,24,26). The van der Waals surface area contributed by atoms with Crippen LogP contribution in [0.4, 0.5) is 5.82 Å². The molecule has 1 aromatic heterocycles. The lowest BCUT2D eigenvalue weighted by atomic mass is 9.95. The number of amides is 2. The Hall–Kier alpha value is -1.70. The molecule has 0 radical (unpaired) electrons. The normalized spacial score (nSPS) is 16.8. The largest absolute Gasteiger partial charge is 0.379 e. The van der Waals surface area contributed by atoms with Crippen molar-refractivity contribution in [3.63, 3.8) is 0 Å². The molecule has 1 aliphatic heterocycles. The number of likely N-dealkylation sites (tertiary alicyclic amines) is 1. The van der Waals surface area contributed by atoms with E-state index in [1.54, 1.807) is 12.1 Å². The highest BCUT2D eigenvalue weighted by atomic mass is 35.5. The van der Waals surface area contributed by atoms with Crippen molar-refractivity contribution in [3.05, 3.63) is 23.4 Å². The van der Waals surface area contributed by atoms with Gasteiger partial charge in [0.05, 0.1) is 17.2 Å². The molecule has 7 nitrogen and oxygen atoms in total. The van der Waals surface area contributed by atoms with Crippen LogP contribution in [0.5, 0.6) is 0 Å². The zero-order valence-electron chi connectivity index (χ0n) is 16.9. The van der Waals surface area contributed by atoms with Crippen molar-refractivity contribution in [1.29, 1.82) is 0 Å². The van der Waals surface area contributed by atoms with Crippen LogP contribution in [0.15, 0.2) is 18.3 Å². The monoisotopic (exact) mass is 410 g/mol. The highest BCUT2D eigenvalue weighted by molar-refractivity contribution is 6.30. The van der Waals surface area contributed by atoms with Gasteiger partial charge in [-0.3, -0.25) is 14.5 Å². The highest BCUT2D eigenvalue weighted by Gasteiger charge is 2.29. The zero-order chi connectivity index (χ0) is 20.5. The molecule has 1 fully saturated rings. The molecule has 1 aromatic rings. The van der Waals surface area contributed by atoms with Gasteiger partial charge >= 0.3 is 0 Å². The summed E-state index contributed by atoms with van der Waals surface area (Å²) in [6.45, 7) is 8.61. The Morgan fingerprint density at radius 3 is 2.61 bits per heavy atom. The third kappa shape index (κ3) is 7.37. The summed E-state index contributed by atoms with van der Waals surface area (Å²) in [7, 11) is 0. The van der Waals surface area contributed by atoms with Gasteiger partial charge < -0.3 is 15.4 Å². The van der Waals surface area contributed by atoms with Gasteiger partial charge in [-0.15, -0.1) is 0 Å². The lowest BCUT2D eigenvalue weighted by molar-refractivity contribution is -0.127. The predicted molar refractivity (Wildman–Crippen MR) is 110 cm³/mol. The van der Waals surface area contributed by atoms with E-state index in [0.29, 0.717) is 24.0 Å². The Kier molecular flexibility index (Phi) is 9.15. The molecule has 2 amide bonds. The first-order valence-electron chi connectivity index (χ1n) is 9.92. The first-order valence-corrected chi connectivity index (χ1v) is 10.3. The molecule has 1 saturated heterocycles. The van der Waals surface area contributed by atoms with Crippen molar-refractivity contribution in [3.8, 4) is 0 Å². The number of anilines is 1. The maximum atomic E-state index is 12.4. The molecule has 0 spiro atoms. The Labute approximate surface area is 172 Å². The highest BCUT2D eigenvalue weighted by Crippen LogP contribution is 2.20. The fourth-order valence-electron chi connectivity index (χ4n) is 3.14. The molecule has 1 aliphatic rings. The van der Waals surface area contributed by atoms with E-state index in [2.05, 4.69) is 20.5 Å². The van der Waals surface area contributed by atoms with Gasteiger partial charge in [0, 0.05) is 25.3 Å². The van der Waals surface area contributed by atoms with E-state index >= 15 is 0 Å². The molecule has 8 heteroatoms. The first-order chi connectivity index (χ1) is 13.4. The molecule has 2 N–H and O–H groups in total. The summed E-state index contributed by atoms with van der Waals surface area (Å²) in [5.74, 6) is 0.488. The van der Waals surface area contributed by atoms with E-state index < -0.39 is 0 Å². The minimum absolute atomic E-state index is 0.00969. The van der Waals surface area contributed by atoms with Crippen LogP contribution >= 0.6 is 11.6 Å². The molecule has 1 atom stereocenters. The summed E-state index contributed by atoms with van der Waals surface area (Å²) in [6, 6.07) is 3.08. The number of rotatable bonds is 9. The van der Waals surface area contributed by atoms with E-state index in [4.69, 9.17) is 16.3 Å². The summed E-state index contributed by atoms with van der Waals surface area (Å²) in [4.78, 5) is 30.9. The van der Waals surface area contributed by atoms with Crippen LogP contribution in [-0.4, -0.2) is 60.1 Å². The van der Waals surface area contributed by atoms with Crippen LogP contribution in [0.25, 0.3) is 0 Å². The van der Waals surface area contributed by atoms with Gasteiger partial charge in [0.25, 0.3) is 0 Å². The minimum Gasteiger partial charge on any atom is -0.379 e.